The Labute approximate surface area is 177 Å². The van der Waals surface area contributed by atoms with Crippen LogP contribution in [0.4, 0.5) is 11.4 Å². The fourth-order valence-electron chi connectivity index (χ4n) is 3.21. The number of unbranched alkanes of at least 4 members (excludes halogenated alkanes) is 1. The third-order valence-electron chi connectivity index (χ3n) is 4.86. The van der Waals surface area contributed by atoms with E-state index < -0.39 is 11.9 Å². The number of nitrogens with one attached hydrogen (secondary N) is 1. The number of hydrogen-bond acceptors (Lipinski definition) is 5. The molecular weight excluding hydrogens is 383 g/mol. The van der Waals surface area contributed by atoms with Crippen molar-refractivity contribution in [2.45, 2.75) is 19.8 Å². The first-order valence-corrected chi connectivity index (χ1v) is 10.0. The van der Waals surface area contributed by atoms with Crippen LogP contribution in [0.5, 0.6) is 5.75 Å². The first kappa shape index (κ1) is 21.7. The first-order valence-electron chi connectivity index (χ1n) is 10.0. The Balaban J connectivity index is 1.91. The molecule has 1 aliphatic heterocycles. The van der Waals surface area contributed by atoms with Crippen LogP contribution in [0, 0.1) is 0 Å². The predicted octanol–water partition coefficient (Wildman–Crippen LogP) is 2.45. The molecule has 0 atom stereocenters. The molecule has 2 N–H and O–H groups in total. The van der Waals surface area contributed by atoms with Crippen LogP contribution in [0.15, 0.2) is 36.4 Å². The highest BCUT2D eigenvalue weighted by molar-refractivity contribution is 6.33. The SMILES string of the molecule is [B]c1ccc(C(=O)O)c(NC(=O)c2cc(N3CCOCC3)ccc2OCCCC)c1. The van der Waals surface area contributed by atoms with Crippen LogP contribution in [0.25, 0.3) is 0 Å². The van der Waals surface area contributed by atoms with Gasteiger partial charge in [-0.25, -0.2) is 4.79 Å². The molecule has 30 heavy (non-hydrogen) atoms. The summed E-state index contributed by atoms with van der Waals surface area (Å²) in [5, 5.41) is 12.1. The fraction of sp³-hybridized carbons (Fsp3) is 0.364. The first-order chi connectivity index (χ1) is 14.5. The van der Waals surface area contributed by atoms with Crippen LogP contribution in [0.2, 0.25) is 0 Å². The summed E-state index contributed by atoms with van der Waals surface area (Å²) >= 11 is 0. The molecule has 0 bridgehead atoms. The van der Waals surface area contributed by atoms with E-state index in [0.29, 0.717) is 36.6 Å². The smallest absolute Gasteiger partial charge is 0.337 e. The number of benzene rings is 2. The van der Waals surface area contributed by atoms with Gasteiger partial charge in [0.05, 0.1) is 36.6 Å². The van der Waals surface area contributed by atoms with Crippen LogP contribution in [-0.4, -0.2) is 57.7 Å². The van der Waals surface area contributed by atoms with Gasteiger partial charge in [-0.15, -0.1) is 0 Å². The van der Waals surface area contributed by atoms with Gasteiger partial charge in [-0.1, -0.05) is 24.9 Å². The van der Waals surface area contributed by atoms with E-state index in [-0.39, 0.29) is 11.3 Å². The zero-order valence-electron chi connectivity index (χ0n) is 17.0. The van der Waals surface area contributed by atoms with Crippen LogP contribution in [0.3, 0.4) is 0 Å². The molecule has 1 saturated heterocycles. The number of carboxylic acids is 1. The van der Waals surface area contributed by atoms with E-state index in [2.05, 4.69) is 17.1 Å². The van der Waals surface area contributed by atoms with Crippen molar-refractivity contribution in [2.24, 2.45) is 0 Å². The number of morpholine rings is 1. The maximum Gasteiger partial charge on any atom is 0.337 e. The molecule has 1 amide bonds. The van der Waals surface area contributed by atoms with Crippen molar-refractivity contribution < 1.29 is 24.2 Å². The molecule has 0 unspecified atom stereocenters. The Morgan fingerprint density at radius 3 is 2.63 bits per heavy atom. The number of anilines is 2. The summed E-state index contributed by atoms with van der Waals surface area (Å²) < 4.78 is 11.2. The monoisotopic (exact) mass is 408 g/mol. The molecule has 7 nitrogen and oxygen atoms in total. The Morgan fingerprint density at radius 1 is 1.17 bits per heavy atom. The number of carboxylic acid groups (broad SMARTS) is 1. The van der Waals surface area contributed by atoms with Crippen LogP contribution < -0.4 is 20.4 Å². The average molecular weight is 408 g/mol. The molecular formula is C22H25BN2O5. The van der Waals surface area contributed by atoms with Crippen molar-refractivity contribution in [1.82, 2.24) is 0 Å². The lowest BCUT2D eigenvalue weighted by Gasteiger charge is -2.29. The Kier molecular flexibility index (Phi) is 7.35. The molecule has 1 aliphatic rings. The van der Waals surface area contributed by atoms with Crippen molar-refractivity contribution in [2.75, 3.05) is 43.1 Å². The highest BCUT2D eigenvalue weighted by atomic mass is 16.5. The van der Waals surface area contributed by atoms with E-state index >= 15 is 0 Å². The topological polar surface area (TPSA) is 88.1 Å². The van der Waals surface area contributed by atoms with Gasteiger partial charge in [-0.2, -0.15) is 0 Å². The van der Waals surface area contributed by atoms with Gasteiger partial charge in [0, 0.05) is 18.8 Å². The van der Waals surface area contributed by atoms with E-state index in [0.717, 1.165) is 31.6 Å². The van der Waals surface area contributed by atoms with Crippen molar-refractivity contribution in [1.29, 1.82) is 0 Å². The molecule has 0 saturated carbocycles. The average Bonchev–Trinajstić information content (AvgIpc) is 2.74. The molecule has 3 rings (SSSR count). The Bertz CT molecular complexity index is 912. The van der Waals surface area contributed by atoms with Gasteiger partial charge in [0.25, 0.3) is 5.91 Å². The summed E-state index contributed by atoms with van der Waals surface area (Å²) in [6.45, 7) is 5.27. The molecule has 0 aliphatic carbocycles. The largest absolute Gasteiger partial charge is 0.493 e. The summed E-state index contributed by atoms with van der Waals surface area (Å²) in [5.41, 5.74) is 1.70. The van der Waals surface area contributed by atoms with Gasteiger partial charge in [-0.05, 0) is 36.8 Å². The second-order valence-corrected chi connectivity index (χ2v) is 7.05. The Morgan fingerprint density at radius 2 is 1.93 bits per heavy atom. The molecule has 0 aromatic heterocycles. The normalized spacial score (nSPS) is 13.7. The lowest BCUT2D eigenvalue weighted by Crippen LogP contribution is -2.36. The number of carbonyl (C=O) groups is 2. The third-order valence-corrected chi connectivity index (χ3v) is 4.86. The molecule has 1 fully saturated rings. The fourth-order valence-corrected chi connectivity index (χ4v) is 3.21. The summed E-state index contributed by atoms with van der Waals surface area (Å²) in [6.07, 6.45) is 1.84. The third kappa shape index (κ3) is 5.33. The number of nitrogens with zero attached hydrogens (tertiary/aromatic N) is 1. The summed E-state index contributed by atoms with van der Waals surface area (Å²) in [6, 6.07) is 9.77. The minimum absolute atomic E-state index is 0.0321. The summed E-state index contributed by atoms with van der Waals surface area (Å²) in [7, 11) is 5.79. The van der Waals surface area contributed by atoms with Crippen molar-refractivity contribution >= 4 is 36.6 Å². The zero-order valence-corrected chi connectivity index (χ0v) is 17.0. The standard InChI is InChI=1S/C22H25BN2O5/c1-2-3-10-30-20-7-5-16(25-8-11-29-12-9-25)14-18(20)21(26)24-19-13-15(23)4-6-17(19)22(27)28/h4-7,13-14H,2-3,8-12H2,1H3,(H,24,26)(H,27,28). The van der Waals surface area contributed by atoms with Crippen molar-refractivity contribution in [3.8, 4) is 5.75 Å². The summed E-state index contributed by atoms with van der Waals surface area (Å²) in [5.74, 6) is -1.14. The van der Waals surface area contributed by atoms with Gasteiger partial charge < -0.3 is 24.8 Å². The molecule has 2 aromatic carbocycles. The predicted molar refractivity (Wildman–Crippen MR) is 117 cm³/mol. The number of carbonyl (C=O) groups excluding carboxylic acids is 1. The lowest BCUT2D eigenvalue weighted by atomic mass is 9.94. The molecule has 2 aromatic rings. The molecule has 2 radical (unpaired) electrons. The van der Waals surface area contributed by atoms with Gasteiger partial charge in [-0.3, -0.25) is 4.79 Å². The summed E-state index contributed by atoms with van der Waals surface area (Å²) in [4.78, 5) is 26.8. The molecule has 8 heteroatoms. The number of ether oxygens (including phenoxy) is 2. The highest BCUT2D eigenvalue weighted by Crippen LogP contribution is 2.27. The van der Waals surface area contributed by atoms with Gasteiger partial charge in [0.1, 0.15) is 13.6 Å². The minimum atomic E-state index is -1.15. The lowest BCUT2D eigenvalue weighted by molar-refractivity contribution is 0.0698. The molecule has 0 spiro atoms. The van der Waals surface area contributed by atoms with Gasteiger partial charge in [0.15, 0.2) is 0 Å². The maximum atomic E-state index is 13.1. The highest BCUT2D eigenvalue weighted by Gasteiger charge is 2.20. The van der Waals surface area contributed by atoms with E-state index in [4.69, 9.17) is 17.3 Å². The Hall–Kier alpha value is -3.00. The van der Waals surface area contributed by atoms with E-state index in [1.165, 1.54) is 18.2 Å². The second-order valence-electron chi connectivity index (χ2n) is 7.05. The zero-order chi connectivity index (χ0) is 21.5. The number of aromatic carboxylic acids is 1. The van der Waals surface area contributed by atoms with Gasteiger partial charge in [0.2, 0.25) is 0 Å². The second kappa shape index (κ2) is 10.2. The molecule has 156 valence electrons. The van der Waals surface area contributed by atoms with Gasteiger partial charge >= 0.3 is 5.97 Å². The van der Waals surface area contributed by atoms with Crippen molar-refractivity contribution in [3.63, 3.8) is 0 Å². The maximum absolute atomic E-state index is 13.1. The number of rotatable bonds is 8. The van der Waals surface area contributed by atoms with E-state index in [1.807, 2.05) is 6.07 Å². The molecule has 1 heterocycles. The number of hydrogen-bond donors (Lipinski definition) is 2. The van der Waals surface area contributed by atoms with Crippen LogP contribution in [-0.2, 0) is 4.74 Å². The quantitative estimate of drug-likeness (QED) is 0.516. The van der Waals surface area contributed by atoms with Crippen molar-refractivity contribution in [3.05, 3.63) is 47.5 Å². The van der Waals surface area contributed by atoms with E-state index in [9.17, 15) is 14.7 Å². The number of amides is 1. The van der Waals surface area contributed by atoms with Crippen LogP contribution in [0.1, 0.15) is 40.5 Å². The van der Waals surface area contributed by atoms with E-state index in [1.54, 1.807) is 12.1 Å². The van der Waals surface area contributed by atoms with Crippen LogP contribution >= 0.6 is 0 Å². The minimum Gasteiger partial charge on any atom is -0.493 e.